The van der Waals surface area contributed by atoms with Crippen LogP contribution >= 0.6 is 15.9 Å². The molecule has 0 radical (unpaired) electrons. The van der Waals surface area contributed by atoms with Crippen LogP contribution < -0.4 is 10.6 Å². The largest absolute Gasteiger partial charge is 0.351 e. The molecule has 1 aliphatic rings. The summed E-state index contributed by atoms with van der Waals surface area (Å²) in [5, 5.41) is 5.96. The van der Waals surface area contributed by atoms with E-state index in [2.05, 4.69) is 26.6 Å². The number of hydrogen-bond donors (Lipinski definition) is 2. The molecule has 1 aromatic carbocycles. The van der Waals surface area contributed by atoms with Crippen molar-refractivity contribution in [2.24, 2.45) is 0 Å². The number of amides is 1. The predicted molar refractivity (Wildman–Crippen MR) is 76.2 cm³/mol. The van der Waals surface area contributed by atoms with Crippen LogP contribution in [0.4, 0.5) is 4.39 Å². The highest BCUT2D eigenvalue weighted by atomic mass is 79.9. The quantitative estimate of drug-likeness (QED) is 0.872. The standard InChI is InChI=1S/C14H18BrFN2O/c15-11-5-6-13(16)10(7-11)8-18-14(19)9-17-12-3-1-2-4-12/h5-7,12,17H,1-4,8-9H2,(H,18,19). The number of halogens is 2. The number of carbonyl (C=O) groups excluding carboxylic acids is 1. The van der Waals surface area contributed by atoms with Crippen molar-refractivity contribution in [1.82, 2.24) is 10.6 Å². The van der Waals surface area contributed by atoms with Crippen LogP contribution in [0.5, 0.6) is 0 Å². The van der Waals surface area contributed by atoms with E-state index in [0.717, 1.165) is 17.3 Å². The highest BCUT2D eigenvalue weighted by Gasteiger charge is 2.15. The molecule has 1 amide bonds. The summed E-state index contributed by atoms with van der Waals surface area (Å²) in [5.41, 5.74) is 0.489. The molecule has 0 aromatic heterocycles. The summed E-state index contributed by atoms with van der Waals surface area (Å²) in [5.74, 6) is -0.390. The molecular weight excluding hydrogens is 311 g/mol. The van der Waals surface area contributed by atoms with E-state index in [4.69, 9.17) is 0 Å². The van der Waals surface area contributed by atoms with Gasteiger partial charge in [0.05, 0.1) is 6.54 Å². The van der Waals surface area contributed by atoms with E-state index < -0.39 is 0 Å². The highest BCUT2D eigenvalue weighted by molar-refractivity contribution is 9.10. The molecule has 0 atom stereocenters. The molecule has 0 aliphatic heterocycles. The predicted octanol–water partition coefficient (Wildman–Crippen LogP) is 2.74. The molecule has 3 nitrogen and oxygen atoms in total. The third kappa shape index (κ3) is 4.58. The van der Waals surface area contributed by atoms with Crippen LogP contribution in [-0.2, 0) is 11.3 Å². The Morgan fingerprint density at radius 2 is 2.11 bits per heavy atom. The zero-order chi connectivity index (χ0) is 13.7. The van der Waals surface area contributed by atoms with Crippen molar-refractivity contribution in [2.75, 3.05) is 6.54 Å². The number of benzene rings is 1. The molecule has 0 bridgehead atoms. The number of nitrogens with one attached hydrogen (secondary N) is 2. The van der Waals surface area contributed by atoms with Gasteiger partial charge in [-0.3, -0.25) is 4.79 Å². The molecule has 5 heteroatoms. The zero-order valence-electron chi connectivity index (χ0n) is 10.7. The number of hydrogen-bond acceptors (Lipinski definition) is 2. The normalized spacial score (nSPS) is 15.7. The van der Waals surface area contributed by atoms with Gasteiger partial charge in [0.25, 0.3) is 0 Å². The van der Waals surface area contributed by atoms with Gasteiger partial charge in [-0.05, 0) is 31.0 Å². The van der Waals surface area contributed by atoms with Gasteiger partial charge in [0.15, 0.2) is 0 Å². The SMILES string of the molecule is O=C(CNC1CCCC1)NCc1cc(Br)ccc1F. The first kappa shape index (κ1) is 14.5. The van der Waals surface area contributed by atoms with E-state index in [0.29, 0.717) is 18.2 Å². The van der Waals surface area contributed by atoms with Gasteiger partial charge in [-0.15, -0.1) is 0 Å². The van der Waals surface area contributed by atoms with Gasteiger partial charge in [-0.25, -0.2) is 4.39 Å². The van der Waals surface area contributed by atoms with E-state index in [1.54, 1.807) is 12.1 Å². The highest BCUT2D eigenvalue weighted by Crippen LogP contribution is 2.17. The first-order valence-electron chi connectivity index (χ1n) is 6.59. The molecule has 1 fully saturated rings. The van der Waals surface area contributed by atoms with E-state index >= 15 is 0 Å². The second kappa shape index (κ2) is 7.01. The molecule has 2 N–H and O–H groups in total. The molecule has 1 aliphatic carbocycles. The smallest absolute Gasteiger partial charge is 0.234 e. The molecule has 1 saturated carbocycles. The number of rotatable bonds is 5. The van der Waals surface area contributed by atoms with Gasteiger partial charge < -0.3 is 10.6 Å². The van der Waals surface area contributed by atoms with E-state index in [-0.39, 0.29) is 18.3 Å². The zero-order valence-corrected chi connectivity index (χ0v) is 12.3. The van der Waals surface area contributed by atoms with Crippen LogP contribution in [0.3, 0.4) is 0 Å². The Balaban J connectivity index is 1.74. The first-order valence-corrected chi connectivity index (χ1v) is 7.38. The Kier molecular flexibility index (Phi) is 5.34. The van der Waals surface area contributed by atoms with Crippen molar-refractivity contribution in [3.8, 4) is 0 Å². The lowest BCUT2D eigenvalue weighted by atomic mass is 10.2. The molecule has 2 rings (SSSR count). The van der Waals surface area contributed by atoms with Crippen molar-refractivity contribution in [3.63, 3.8) is 0 Å². The van der Waals surface area contributed by atoms with Gasteiger partial charge in [-0.2, -0.15) is 0 Å². The lowest BCUT2D eigenvalue weighted by molar-refractivity contribution is -0.120. The molecule has 0 spiro atoms. The fourth-order valence-electron chi connectivity index (χ4n) is 2.30. The van der Waals surface area contributed by atoms with Gasteiger partial charge in [0.2, 0.25) is 5.91 Å². The molecule has 0 unspecified atom stereocenters. The Labute approximate surface area is 121 Å². The van der Waals surface area contributed by atoms with Crippen LogP contribution in [-0.4, -0.2) is 18.5 Å². The molecule has 1 aromatic rings. The monoisotopic (exact) mass is 328 g/mol. The summed E-state index contributed by atoms with van der Waals surface area (Å²) in [6.07, 6.45) is 4.77. The Bertz CT molecular complexity index is 447. The van der Waals surface area contributed by atoms with E-state index in [1.165, 1.54) is 18.9 Å². The summed E-state index contributed by atoms with van der Waals surface area (Å²) in [6.45, 7) is 0.525. The van der Waals surface area contributed by atoms with E-state index in [1.807, 2.05) is 0 Å². The summed E-state index contributed by atoms with van der Waals surface area (Å²) < 4.78 is 14.3. The molecule has 104 valence electrons. The van der Waals surface area contributed by atoms with Crippen LogP contribution in [0.2, 0.25) is 0 Å². The summed E-state index contributed by atoms with van der Waals surface area (Å²) in [4.78, 5) is 11.7. The van der Waals surface area contributed by atoms with Gasteiger partial charge in [0, 0.05) is 22.6 Å². The second-order valence-corrected chi connectivity index (χ2v) is 5.79. The van der Waals surface area contributed by atoms with Crippen LogP contribution in [0, 0.1) is 5.82 Å². The average molecular weight is 329 g/mol. The lowest BCUT2D eigenvalue weighted by Gasteiger charge is -2.12. The Hall–Kier alpha value is -0.940. The maximum absolute atomic E-state index is 13.5. The molecular formula is C14H18BrFN2O. The summed E-state index contributed by atoms with van der Waals surface area (Å²) in [6, 6.07) is 5.18. The van der Waals surface area contributed by atoms with Gasteiger partial charge in [0.1, 0.15) is 5.82 Å². The van der Waals surface area contributed by atoms with Crippen LogP contribution in [0.1, 0.15) is 31.2 Å². The van der Waals surface area contributed by atoms with Gasteiger partial charge >= 0.3 is 0 Å². The van der Waals surface area contributed by atoms with E-state index in [9.17, 15) is 9.18 Å². The molecule has 0 saturated heterocycles. The minimum absolute atomic E-state index is 0.0914. The first-order chi connectivity index (χ1) is 9.15. The van der Waals surface area contributed by atoms with Crippen molar-refractivity contribution < 1.29 is 9.18 Å². The van der Waals surface area contributed by atoms with Crippen molar-refractivity contribution in [3.05, 3.63) is 34.1 Å². The maximum atomic E-state index is 13.5. The third-order valence-electron chi connectivity index (χ3n) is 3.39. The average Bonchev–Trinajstić information content (AvgIpc) is 2.90. The fourth-order valence-corrected chi connectivity index (χ4v) is 2.71. The summed E-state index contributed by atoms with van der Waals surface area (Å²) >= 11 is 3.29. The third-order valence-corrected chi connectivity index (χ3v) is 3.88. The maximum Gasteiger partial charge on any atom is 0.234 e. The van der Waals surface area contributed by atoms with Crippen LogP contribution in [0.15, 0.2) is 22.7 Å². The van der Waals surface area contributed by atoms with Crippen molar-refractivity contribution in [2.45, 2.75) is 38.3 Å². The Morgan fingerprint density at radius 3 is 2.84 bits per heavy atom. The fraction of sp³-hybridized carbons (Fsp3) is 0.500. The van der Waals surface area contributed by atoms with Gasteiger partial charge in [-0.1, -0.05) is 28.8 Å². The topological polar surface area (TPSA) is 41.1 Å². The minimum Gasteiger partial charge on any atom is -0.351 e. The van der Waals surface area contributed by atoms with Crippen molar-refractivity contribution >= 4 is 21.8 Å². The minimum atomic E-state index is -0.299. The van der Waals surface area contributed by atoms with Crippen LogP contribution in [0.25, 0.3) is 0 Å². The van der Waals surface area contributed by atoms with Crippen molar-refractivity contribution in [1.29, 1.82) is 0 Å². The molecule has 0 heterocycles. The molecule has 19 heavy (non-hydrogen) atoms. The number of carbonyl (C=O) groups is 1. The second-order valence-electron chi connectivity index (χ2n) is 4.87. The Morgan fingerprint density at radius 1 is 1.37 bits per heavy atom. The summed E-state index contributed by atoms with van der Waals surface area (Å²) in [7, 11) is 0. The lowest BCUT2D eigenvalue weighted by Crippen LogP contribution is -2.37.